The average Bonchev–Trinajstić information content (AvgIpc) is 2.97. The Balaban J connectivity index is 1.84. The summed E-state index contributed by atoms with van der Waals surface area (Å²) in [7, 11) is 2.10. The Morgan fingerprint density at radius 2 is 2.04 bits per heavy atom. The fourth-order valence-electron chi connectivity index (χ4n) is 2.38. The van der Waals surface area contributed by atoms with E-state index in [2.05, 4.69) is 62.8 Å². The molecule has 0 atom stereocenters. The van der Waals surface area contributed by atoms with Crippen LogP contribution in [0.3, 0.4) is 0 Å². The molecule has 0 aliphatic heterocycles. The van der Waals surface area contributed by atoms with Gasteiger partial charge in [-0.15, -0.1) is 0 Å². The zero-order valence-electron chi connectivity index (χ0n) is 16.5. The second-order valence-electron chi connectivity index (χ2n) is 7.56. The molecule has 0 bridgehead atoms. The Morgan fingerprint density at radius 3 is 2.73 bits per heavy atom. The molecule has 0 aliphatic rings. The van der Waals surface area contributed by atoms with E-state index in [0.717, 1.165) is 30.2 Å². The van der Waals surface area contributed by atoms with Crippen LogP contribution in [-0.2, 0) is 13.2 Å². The first kappa shape index (κ1) is 19.9. The lowest BCUT2D eigenvalue weighted by Gasteiger charge is -2.15. The van der Waals surface area contributed by atoms with Gasteiger partial charge < -0.3 is 9.15 Å². The third kappa shape index (κ3) is 7.21. The molecule has 3 heteroatoms. The molecule has 0 N–H and O–H groups in total. The van der Waals surface area contributed by atoms with Crippen molar-refractivity contribution in [3.63, 3.8) is 0 Å². The molecule has 3 nitrogen and oxygen atoms in total. The van der Waals surface area contributed by atoms with Crippen LogP contribution in [0, 0.1) is 24.2 Å². The Hall–Kier alpha value is -2.44. The third-order valence-electron chi connectivity index (χ3n) is 3.78. The minimum absolute atomic E-state index is 0.0473. The van der Waals surface area contributed by atoms with Gasteiger partial charge in [0, 0.05) is 24.1 Å². The van der Waals surface area contributed by atoms with Crippen molar-refractivity contribution < 1.29 is 9.15 Å². The molecule has 0 fully saturated rings. The van der Waals surface area contributed by atoms with Crippen LogP contribution < -0.4 is 4.74 Å². The molecule has 0 aliphatic carbocycles. The number of hydrogen-bond donors (Lipinski definition) is 0. The summed E-state index contributed by atoms with van der Waals surface area (Å²) in [5.41, 5.74) is 2.35. The highest BCUT2D eigenvalue weighted by atomic mass is 16.5. The molecule has 0 unspecified atom stereocenters. The van der Waals surface area contributed by atoms with Crippen molar-refractivity contribution in [3.05, 3.63) is 65.6 Å². The van der Waals surface area contributed by atoms with E-state index < -0.39 is 0 Å². The van der Waals surface area contributed by atoms with E-state index in [0.29, 0.717) is 6.61 Å². The van der Waals surface area contributed by atoms with Crippen molar-refractivity contribution in [3.8, 4) is 17.6 Å². The zero-order chi connectivity index (χ0) is 19.0. The molecule has 0 spiro atoms. The van der Waals surface area contributed by atoms with Gasteiger partial charge in [-0.05, 0) is 64.6 Å². The molecule has 138 valence electrons. The summed E-state index contributed by atoms with van der Waals surface area (Å²) in [4.78, 5) is 2.24. The largest absolute Gasteiger partial charge is 0.489 e. The highest BCUT2D eigenvalue weighted by Gasteiger charge is 2.04. The van der Waals surface area contributed by atoms with Crippen molar-refractivity contribution in [2.24, 2.45) is 5.41 Å². The number of hydrogen-bond acceptors (Lipinski definition) is 3. The standard InChI is InChI=1S/C23H29NO2/c1-19-21(12-15-25-19)18-26-22-11-9-10-20(16-22)17-24(5)14-8-6-7-13-23(2,3)4/h6,8-12,15-16H,14,17-18H2,1-5H3. The van der Waals surface area contributed by atoms with Crippen LogP contribution in [0.15, 0.2) is 53.2 Å². The smallest absolute Gasteiger partial charge is 0.120 e. The molecule has 0 radical (unpaired) electrons. The van der Waals surface area contributed by atoms with E-state index in [1.165, 1.54) is 5.56 Å². The first-order valence-corrected chi connectivity index (χ1v) is 8.94. The third-order valence-corrected chi connectivity index (χ3v) is 3.78. The average molecular weight is 351 g/mol. The first-order valence-electron chi connectivity index (χ1n) is 8.94. The van der Waals surface area contributed by atoms with E-state index in [-0.39, 0.29) is 5.41 Å². The lowest BCUT2D eigenvalue weighted by Crippen LogP contribution is -2.17. The van der Waals surface area contributed by atoms with Gasteiger partial charge in [-0.25, -0.2) is 0 Å². The van der Waals surface area contributed by atoms with E-state index in [9.17, 15) is 0 Å². The lowest BCUT2D eigenvalue weighted by atomic mass is 9.98. The molecule has 0 saturated carbocycles. The predicted molar refractivity (Wildman–Crippen MR) is 107 cm³/mol. The molecule has 2 rings (SSSR count). The highest BCUT2D eigenvalue weighted by Crippen LogP contribution is 2.18. The van der Waals surface area contributed by atoms with Crippen LogP contribution in [0.2, 0.25) is 0 Å². The van der Waals surface area contributed by atoms with Crippen LogP contribution in [0.25, 0.3) is 0 Å². The minimum atomic E-state index is 0.0473. The van der Waals surface area contributed by atoms with Crippen LogP contribution >= 0.6 is 0 Å². The normalized spacial score (nSPS) is 11.6. The van der Waals surface area contributed by atoms with Gasteiger partial charge >= 0.3 is 0 Å². The topological polar surface area (TPSA) is 25.6 Å². The molecular weight excluding hydrogens is 322 g/mol. The molecule has 0 amide bonds. The van der Waals surface area contributed by atoms with Gasteiger partial charge in [0.2, 0.25) is 0 Å². The molecule has 2 aromatic rings. The van der Waals surface area contributed by atoms with Gasteiger partial charge in [0.05, 0.1) is 6.26 Å². The summed E-state index contributed by atoms with van der Waals surface area (Å²) >= 11 is 0. The van der Waals surface area contributed by atoms with Crippen LogP contribution in [0.1, 0.15) is 37.7 Å². The van der Waals surface area contributed by atoms with Gasteiger partial charge in [0.15, 0.2) is 0 Å². The number of allylic oxidation sites excluding steroid dienone is 1. The first-order chi connectivity index (χ1) is 12.3. The molecule has 1 aromatic heterocycles. The van der Waals surface area contributed by atoms with Gasteiger partial charge in [0.1, 0.15) is 18.1 Å². The number of ether oxygens (including phenoxy) is 1. The Labute approximate surface area is 157 Å². The molecule has 1 heterocycles. The zero-order valence-corrected chi connectivity index (χ0v) is 16.5. The number of furan rings is 1. The minimum Gasteiger partial charge on any atom is -0.489 e. The van der Waals surface area contributed by atoms with Gasteiger partial charge in [-0.2, -0.15) is 0 Å². The van der Waals surface area contributed by atoms with Gasteiger partial charge in [0.25, 0.3) is 0 Å². The van der Waals surface area contributed by atoms with Gasteiger partial charge in [-0.1, -0.05) is 30.0 Å². The summed E-state index contributed by atoms with van der Waals surface area (Å²) in [6, 6.07) is 10.2. The summed E-state index contributed by atoms with van der Waals surface area (Å²) in [5.74, 6) is 8.09. The number of nitrogens with zero attached hydrogens (tertiary/aromatic N) is 1. The van der Waals surface area contributed by atoms with E-state index >= 15 is 0 Å². The summed E-state index contributed by atoms with van der Waals surface area (Å²) in [6.45, 7) is 10.5. The van der Waals surface area contributed by atoms with Crippen molar-refractivity contribution in [1.82, 2.24) is 4.90 Å². The fraction of sp³-hybridized carbons (Fsp3) is 0.391. The van der Waals surface area contributed by atoms with Crippen molar-refractivity contribution >= 4 is 0 Å². The van der Waals surface area contributed by atoms with E-state index in [1.54, 1.807) is 6.26 Å². The second kappa shape index (κ2) is 9.31. The molecule has 26 heavy (non-hydrogen) atoms. The maximum absolute atomic E-state index is 5.89. The maximum Gasteiger partial charge on any atom is 0.120 e. The number of rotatable bonds is 7. The maximum atomic E-state index is 5.89. The predicted octanol–water partition coefficient (Wildman–Crippen LogP) is 5.20. The quantitative estimate of drug-likeness (QED) is 0.641. The van der Waals surface area contributed by atoms with Crippen LogP contribution in [0.4, 0.5) is 0 Å². The fourth-order valence-corrected chi connectivity index (χ4v) is 2.38. The number of benzene rings is 1. The van der Waals surface area contributed by atoms with Crippen LogP contribution in [-0.4, -0.2) is 18.5 Å². The van der Waals surface area contributed by atoms with Crippen molar-refractivity contribution in [2.45, 2.75) is 40.8 Å². The highest BCUT2D eigenvalue weighted by molar-refractivity contribution is 5.29. The number of likely N-dealkylation sites (N-methyl/N-ethyl adjacent to an activating group) is 1. The molecule has 1 aromatic carbocycles. The van der Waals surface area contributed by atoms with Crippen molar-refractivity contribution in [2.75, 3.05) is 13.6 Å². The summed E-state index contributed by atoms with van der Waals surface area (Å²) in [5, 5.41) is 0. The Morgan fingerprint density at radius 1 is 1.23 bits per heavy atom. The number of aryl methyl sites for hydroxylation is 1. The Kier molecular flexibility index (Phi) is 7.12. The van der Waals surface area contributed by atoms with E-state index in [4.69, 9.17) is 9.15 Å². The molecule has 0 saturated heterocycles. The lowest BCUT2D eigenvalue weighted by molar-refractivity contribution is 0.301. The second-order valence-corrected chi connectivity index (χ2v) is 7.56. The SMILES string of the molecule is Cc1occc1COc1cccc(CN(C)CC=CC#CC(C)(C)C)c1. The van der Waals surface area contributed by atoms with Gasteiger partial charge in [-0.3, -0.25) is 4.90 Å². The Bertz CT molecular complexity index is 784. The van der Waals surface area contributed by atoms with E-state index in [1.807, 2.05) is 31.2 Å². The monoisotopic (exact) mass is 351 g/mol. The molecular formula is C23H29NO2. The van der Waals surface area contributed by atoms with Crippen LogP contribution in [0.5, 0.6) is 5.75 Å². The van der Waals surface area contributed by atoms with Crippen molar-refractivity contribution in [1.29, 1.82) is 0 Å². The summed E-state index contributed by atoms with van der Waals surface area (Å²) < 4.78 is 11.2. The summed E-state index contributed by atoms with van der Waals surface area (Å²) in [6.07, 6.45) is 5.73.